The number of benzene rings is 1. The van der Waals surface area contributed by atoms with Gasteiger partial charge in [-0.25, -0.2) is 9.78 Å². The fourth-order valence-corrected chi connectivity index (χ4v) is 5.78. The van der Waals surface area contributed by atoms with E-state index in [2.05, 4.69) is 20.5 Å². The molecule has 6 rings (SSSR count). The number of carbonyl (C=O) groups excluding carboxylic acids is 2. The minimum absolute atomic E-state index is 0.0307. The number of ether oxygens (including phenoxy) is 2. The molecule has 1 atom stereocenters. The Bertz CT molecular complexity index is 1480. The smallest absolute Gasteiger partial charge is 0.410 e. The molecule has 2 saturated heterocycles. The van der Waals surface area contributed by atoms with E-state index >= 15 is 0 Å². The van der Waals surface area contributed by atoms with Gasteiger partial charge in [0.05, 0.1) is 12.0 Å². The average molecular weight is 549 g/mol. The van der Waals surface area contributed by atoms with Gasteiger partial charge < -0.3 is 34.3 Å². The Morgan fingerprint density at radius 3 is 2.75 bits per heavy atom. The molecule has 0 bridgehead atoms. The molecule has 11 heteroatoms. The molecule has 0 saturated carbocycles. The number of hydrogen-bond acceptors (Lipinski definition) is 9. The van der Waals surface area contributed by atoms with Crippen molar-refractivity contribution in [1.29, 1.82) is 0 Å². The van der Waals surface area contributed by atoms with Crippen LogP contribution in [0.4, 0.5) is 27.9 Å². The second-order valence-electron chi connectivity index (χ2n) is 12.6. The first-order chi connectivity index (χ1) is 18.9. The molecule has 1 aromatic carbocycles. The lowest BCUT2D eigenvalue weighted by atomic mass is 9.79. The fourth-order valence-electron chi connectivity index (χ4n) is 5.78. The van der Waals surface area contributed by atoms with Crippen LogP contribution < -0.4 is 20.3 Å². The number of nitrogens with zero attached hydrogens (tertiary/aromatic N) is 4. The summed E-state index contributed by atoms with van der Waals surface area (Å²) in [5, 5.41) is 6.19. The lowest BCUT2D eigenvalue weighted by Crippen LogP contribution is -2.48. The molecule has 0 radical (unpaired) electrons. The molecule has 2 fully saturated rings. The van der Waals surface area contributed by atoms with Gasteiger partial charge in [0.15, 0.2) is 17.0 Å². The number of rotatable bonds is 3. The van der Waals surface area contributed by atoms with Gasteiger partial charge in [0.25, 0.3) is 5.91 Å². The van der Waals surface area contributed by atoms with Gasteiger partial charge in [0, 0.05) is 43.3 Å². The zero-order chi connectivity index (χ0) is 28.3. The summed E-state index contributed by atoms with van der Waals surface area (Å²) >= 11 is 0. The highest BCUT2D eigenvalue weighted by atomic mass is 16.6. The molecule has 2 aromatic heterocycles. The van der Waals surface area contributed by atoms with Gasteiger partial charge in [-0.3, -0.25) is 4.79 Å². The highest BCUT2D eigenvalue weighted by molar-refractivity contribution is 6.00. The minimum Gasteiger partial charge on any atom is -0.476 e. The minimum atomic E-state index is -0.929. The van der Waals surface area contributed by atoms with E-state index in [1.165, 1.54) is 0 Å². The molecule has 0 aliphatic carbocycles. The quantitative estimate of drug-likeness (QED) is 0.449. The van der Waals surface area contributed by atoms with E-state index in [1.807, 2.05) is 49.9 Å². The maximum absolute atomic E-state index is 12.8. The molecule has 1 unspecified atom stereocenters. The van der Waals surface area contributed by atoms with Crippen LogP contribution in [-0.4, -0.2) is 64.2 Å². The molecule has 3 aromatic rings. The summed E-state index contributed by atoms with van der Waals surface area (Å²) in [4.78, 5) is 38.8. The van der Waals surface area contributed by atoms with Crippen molar-refractivity contribution < 1.29 is 23.5 Å². The summed E-state index contributed by atoms with van der Waals surface area (Å²) < 4.78 is 17.3. The van der Waals surface area contributed by atoms with Crippen LogP contribution in [0.3, 0.4) is 0 Å². The number of anilines is 4. The van der Waals surface area contributed by atoms with Crippen LogP contribution in [0.1, 0.15) is 53.9 Å². The first-order valence-corrected chi connectivity index (χ1v) is 13.8. The van der Waals surface area contributed by atoms with Crippen LogP contribution in [0, 0.1) is 5.41 Å². The first kappa shape index (κ1) is 26.2. The number of aromatic nitrogens is 2. The van der Waals surface area contributed by atoms with Crippen molar-refractivity contribution in [2.75, 3.05) is 41.7 Å². The average Bonchev–Trinajstić information content (AvgIpc) is 3.51. The van der Waals surface area contributed by atoms with Crippen molar-refractivity contribution in [3.05, 3.63) is 30.5 Å². The molecule has 3 aliphatic heterocycles. The lowest BCUT2D eigenvalue weighted by Gasteiger charge is -2.40. The third-order valence-corrected chi connectivity index (χ3v) is 7.73. The fraction of sp³-hybridized carbons (Fsp3) is 0.517. The van der Waals surface area contributed by atoms with Crippen LogP contribution in [0.2, 0.25) is 0 Å². The van der Waals surface area contributed by atoms with Crippen molar-refractivity contribution in [2.24, 2.45) is 5.41 Å². The summed E-state index contributed by atoms with van der Waals surface area (Å²) in [6.45, 7) is 12.1. The number of piperidine rings is 1. The normalized spacial score (nSPS) is 22.2. The number of hydrogen-bond donors (Lipinski definition) is 2. The maximum Gasteiger partial charge on any atom is 0.410 e. The van der Waals surface area contributed by atoms with Crippen LogP contribution >= 0.6 is 0 Å². The predicted octanol–water partition coefficient (Wildman–Crippen LogP) is 5.30. The number of furan rings is 1. The van der Waals surface area contributed by atoms with Crippen molar-refractivity contribution in [3.63, 3.8) is 0 Å². The Morgan fingerprint density at radius 2 is 1.95 bits per heavy atom. The van der Waals surface area contributed by atoms with E-state index in [0.29, 0.717) is 47.3 Å². The summed E-state index contributed by atoms with van der Waals surface area (Å²) in [7, 11) is 0. The van der Waals surface area contributed by atoms with Crippen molar-refractivity contribution in [3.8, 4) is 5.75 Å². The van der Waals surface area contributed by atoms with Gasteiger partial charge in [0.2, 0.25) is 5.95 Å². The second kappa shape index (κ2) is 9.28. The van der Waals surface area contributed by atoms with Gasteiger partial charge in [-0.15, -0.1) is 0 Å². The van der Waals surface area contributed by atoms with Crippen LogP contribution in [0.25, 0.3) is 11.1 Å². The molecule has 2 N–H and O–H groups in total. The van der Waals surface area contributed by atoms with Crippen LogP contribution in [0.5, 0.6) is 5.75 Å². The van der Waals surface area contributed by atoms with E-state index in [1.54, 1.807) is 20.1 Å². The van der Waals surface area contributed by atoms with E-state index in [0.717, 1.165) is 38.2 Å². The Kier molecular flexibility index (Phi) is 6.08. The summed E-state index contributed by atoms with van der Waals surface area (Å²) in [6.07, 6.45) is 4.30. The second-order valence-corrected chi connectivity index (χ2v) is 12.6. The van der Waals surface area contributed by atoms with E-state index in [9.17, 15) is 9.59 Å². The topological polar surface area (TPSA) is 122 Å². The van der Waals surface area contributed by atoms with Gasteiger partial charge in [-0.1, -0.05) is 0 Å². The SMILES string of the molecule is CC(C)(C)OC(=O)N1CCCC2(CCN(c3nc(Nc4ccc5c(c4)NC(=O)C(C)(C)O5)nc4ccoc34)C2)C1. The van der Waals surface area contributed by atoms with Crippen LogP contribution in [-0.2, 0) is 9.53 Å². The standard InChI is InChI=1S/C29H36N6O5/c1-27(2,3)40-26(37)35-12-6-10-29(17-35)11-13-34(16-29)23-22-19(9-14-38-22)32-25(33-23)30-18-7-8-21-20(15-18)31-24(36)28(4,5)39-21/h7-9,14-15H,6,10-13,16-17H2,1-5H3,(H,31,36)(H,30,32,33). The van der Waals surface area contributed by atoms with Gasteiger partial charge >= 0.3 is 6.09 Å². The molecule has 11 nitrogen and oxygen atoms in total. The zero-order valence-corrected chi connectivity index (χ0v) is 23.7. The summed E-state index contributed by atoms with van der Waals surface area (Å²) in [5.41, 5.74) is 1.16. The molecule has 212 valence electrons. The Labute approximate surface area is 233 Å². The molecule has 1 spiro atoms. The third-order valence-electron chi connectivity index (χ3n) is 7.73. The van der Waals surface area contributed by atoms with Gasteiger partial charge in [0.1, 0.15) is 16.9 Å². The van der Waals surface area contributed by atoms with Crippen molar-refractivity contribution in [2.45, 2.75) is 65.1 Å². The highest BCUT2D eigenvalue weighted by Gasteiger charge is 2.44. The Balaban J connectivity index is 1.22. The van der Waals surface area contributed by atoms with Crippen molar-refractivity contribution in [1.82, 2.24) is 14.9 Å². The number of carbonyl (C=O) groups is 2. The summed E-state index contributed by atoms with van der Waals surface area (Å²) in [5.74, 6) is 1.55. The maximum atomic E-state index is 12.8. The van der Waals surface area contributed by atoms with E-state index < -0.39 is 11.2 Å². The molecule has 5 heterocycles. The number of amides is 2. The largest absolute Gasteiger partial charge is 0.476 e. The van der Waals surface area contributed by atoms with E-state index in [4.69, 9.17) is 18.9 Å². The number of fused-ring (bicyclic) bond motifs is 2. The summed E-state index contributed by atoms with van der Waals surface area (Å²) in [6, 6.07) is 7.32. The third kappa shape index (κ3) is 5.00. The van der Waals surface area contributed by atoms with Gasteiger partial charge in [-0.2, -0.15) is 4.98 Å². The molecular formula is C29H36N6O5. The predicted molar refractivity (Wildman–Crippen MR) is 151 cm³/mol. The molecular weight excluding hydrogens is 512 g/mol. The van der Waals surface area contributed by atoms with Gasteiger partial charge in [-0.05, 0) is 72.1 Å². The molecule has 3 aliphatic rings. The van der Waals surface area contributed by atoms with Crippen molar-refractivity contribution >= 4 is 46.2 Å². The highest BCUT2D eigenvalue weighted by Crippen LogP contribution is 2.42. The lowest BCUT2D eigenvalue weighted by molar-refractivity contribution is -0.129. The van der Waals surface area contributed by atoms with Crippen LogP contribution in [0.15, 0.2) is 34.9 Å². The first-order valence-electron chi connectivity index (χ1n) is 13.8. The number of likely N-dealkylation sites (tertiary alicyclic amines) is 1. The monoisotopic (exact) mass is 548 g/mol. The Morgan fingerprint density at radius 1 is 1.12 bits per heavy atom. The zero-order valence-electron chi connectivity index (χ0n) is 23.7. The Hall–Kier alpha value is -4.02. The number of nitrogens with one attached hydrogen (secondary N) is 2. The molecule has 2 amide bonds. The van der Waals surface area contributed by atoms with E-state index in [-0.39, 0.29) is 17.4 Å². The molecule has 40 heavy (non-hydrogen) atoms.